The summed E-state index contributed by atoms with van der Waals surface area (Å²) in [4.78, 5) is 85.9. The molecule has 0 radical (unpaired) electrons. The molecular weight excluding hydrogens is 633 g/mol. The molecule has 2 atom stereocenters. The Morgan fingerprint density at radius 3 is 2.09 bits per heavy atom. The van der Waals surface area contributed by atoms with E-state index in [9.17, 15) is 53.8 Å². The first kappa shape index (κ1) is 38.0. The summed E-state index contributed by atoms with van der Waals surface area (Å²) in [5.41, 5.74) is 0.258. The van der Waals surface area contributed by atoms with Crippen LogP contribution in [0.1, 0.15) is 36.2 Å². The number of pyridine rings is 1. The van der Waals surface area contributed by atoms with E-state index in [4.69, 9.17) is 4.89 Å². The Balaban J connectivity index is 2.17. The van der Waals surface area contributed by atoms with Crippen LogP contribution in [-0.2, 0) is 60.9 Å². The Kier molecular flexibility index (Phi) is 16.0. The van der Waals surface area contributed by atoms with Crippen molar-refractivity contribution in [2.45, 2.75) is 58.0 Å². The summed E-state index contributed by atoms with van der Waals surface area (Å²) in [5.74, 6) is -3.62. The van der Waals surface area contributed by atoms with Gasteiger partial charge in [0.1, 0.15) is 6.29 Å². The van der Waals surface area contributed by atoms with E-state index < -0.39 is 69.8 Å². The normalized spacial score (nSPS) is 12.3. The number of aliphatic hydroxyl groups is 1. The zero-order valence-corrected chi connectivity index (χ0v) is 25.7. The molecule has 2 aromatic rings. The summed E-state index contributed by atoms with van der Waals surface area (Å²) in [6.45, 7) is -2.66. The van der Waals surface area contributed by atoms with Crippen LogP contribution in [0.5, 0.6) is 0 Å². The molecule has 2 aromatic heterocycles. The van der Waals surface area contributed by atoms with Crippen LogP contribution < -0.4 is 11.2 Å². The van der Waals surface area contributed by atoms with E-state index >= 15 is 0 Å². The van der Waals surface area contributed by atoms with Gasteiger partial charge in [0.2, 0.25) is 0 Å². The van der Waals surface area contributed by atoms with Crippen molar-refractivity contribution in [1.29, 1.82) is 0 Å². The van der Waals surface area contributed by atoms with Crippen molar-refractivity contribution in [3.05, 3.63) is 62.2 Å². The molecule has 19 heteroatoms. The van der Waals surface area contributed by atoms with Gasteiger partial charge in [0.15, 0.2) is 6.10 Å². The maximum absolute atomic E-state index is 12.8. The van der Waals surface area contributed by atoms with Crippen LogP contribution in [0.4, 0.5) is 0 Å². The van der Waals surface area contributed by atoms with Gasteiger partial charge < -0.3 is 25.2 Å². The fraction of sp³-hybridized carbons (Fsp3) is 0.519. The number of carboxylic acids is 3. The van der Waals surface area contributed by atoms with E-state index in [1.165, 1.54) is 16.0 Å². The third kappa shape index (κ3) is 13.8. The van der Waals surface area contributed by atoms with E-state index in [1.54, 1.807) is 12.1 Å². The molecule has 0 spiro atoms. The fourth-order valence-corrected chi connectivity index (χ4v) is 5.05. The van der Waals surface area contributed by atoms with Gasteiger partial charge in [-0.05, 0) is 37.0 Å². The zero-order valence-electron chi connectivity index (χ0n) is 24.8. The Morgan fingerprint density at radius 2 is 1.54 bits per heavy atom. The quantitative estimate of drug-likeness (QED) is 0.0534. The van der Waals surface area contributed by atoms with Crippen molar-refractivity contribution >= 4 is 32.4 Å². The summed E-state index contributed by atoms with van der Waals surface area (Å²) >= 11 is 0. The van der Waals surface area contributed by atoms with Crippen LogP contribution >= 0.6 is 8.25 Å². The predicted molar refractivity (Wildman–Crippen MR) is 158 cm³/mol. The number of unbranched alkanes of at least 4 members (excludes halogenated alkanes) is 2. The molecule has 0 fully saturated rings. The number of hydrogen-bond acceptors (Lipinski definition) is 12. The number of aromatic nitrogens is 3. The summed E-state index contributed by atoms with van der Waals surface area (Å²) in [5, 5.41) is 36.9. The maximum Gasteiger partial charge on any atom is 0.695 e. The number of aryl methyl sites for hydroxylation is 1. The molecule has 5 N–H and O–H groups in total. The molecule has 0 amide bonds. The maximum atomic E-state index is 12.8. The van der Waals surface area contributed by atoms with Crippen LogP contribution in [0.3, 0.4) is 0 Å². The second-order valence-electron chi connectivity index (χ2n) is 10.3. The number of nitrogens with zero attached hydrogens (tertiary/aromatic N) is 5. The van der Waals surface area contributed by atoms with Gasteiger partial charge in [0.25, 0.3) is 5.56 Å². The van der Waals surface area contributed by atoms with Gasteiger partial charge in [-0.15, -0.1) is 9.42 Å². The lowest BCUT2D eigenvalue weighted by Crippen LogP contribution is -2.41. The van der Waals surface area contributed by atoms with Crippen molar-refractivity contribution in [2.75, 3.05) is 32.8 Å². The van der Waals surface area contributed by atoms with Crippen LogP contribution in [-0.4, -0.2) is 112 Å². The summed E-state index contributed by atoms with van der Waals surface area (Å²) in [7, 11) is -3.01. The molecule has 0 aliphatic rings. The second-order valence-corrected chi connectivity index (χ2v) is 11.0. The number of carboxylic acid groups (broad SMARTS) is 3. The highest BCUT2D eigenvalue weighted by Gasteiger charge is 2.24. The lowest BCUT2D eigenvalue weighted by atomic mass is 10.1. The van der Waals surface area contributed by atoms with Crippen molar-refractivity contribution in [2.24, 2.45) is 0 Å². The van der Waals surface area contributed by atoms with Gasteiger partial charge in [-0.3, -0.25) is 43.1 Å². The molecule has 0 aromatic carbocycles. The molecule has 0 saturated carbocycles. The number of aldehydes is 1. The highest BCUT2D eigenvalue weighted by atomic mass is 31.1. The average molecular weight is 671 g/mol. The lowest BCUT2D eigenvalue weighted by molar-refractivity contribution is -0.142. The molecule has 0 saturated heterocycles. The summed E-state index contributed by atoms with van der Waals surface area (Å²) < 4.78 is 17.7. The summed E-state index contributed by atoms with van der Waals surface area (Å²) in [6.07, 6.45) is 2.64. The monoisotopic (exact) mass is 670 g/mol. The van der Waals surface area contributed by atoms with Crippen LogP contribution in [0.2, 0.25) is 0 Å². The standard InChI is InChI=1S/C27H36N5O13P/c33-9-8-29(15-24(36)37)12-20-10-19(11-21(28-20)13-30(16-25(38)39)17-26(40)41)4-2-1-3-6-32-23(35)5-7-31(27(32)42)14-22(18-34)45-46(43)44/h5,7,9-11,22,34H,1-4,6,8,12-18H2,(H3-,36,37,38,39,40,41,43,44)/p+1. The highest BCUT2D eigenvalue weighted by Crippen LogP contribution is 2.18. The first-order valence-corrected chi connectivity index (χ1v) is 15.2. The molecule has 0 bridgehead atoms. The average Bonchev–Trinajstić information content (AvgIpc) is 2.94. The largest absolute Gasteiger partial charge is 0.695 e. The van der Waals surface area contributed by atoms with Crippen molar-refractivity contribution in [3.8, 4) is 0 Å². The van der Waals surface area contributed by atoms with Crippen molar-refractivity contribution < 1.29 is 53.6 Å². The Morgan fingerprint density at radius 1 is 0.957 bits per heavy atom. The Bertz CT molecular complexity index is 1480. The molecule has 0 aliphatic heterocycles. The van der Waals surface area contributed by atoms with Gasteiger partial charge in [-0.25, -0.2) is 4.79 Å². The minimum atomic E-state index is -3.01. The third-order valence-corrected chi connectivity index (χ3v) is 6.98. The topological polar surface area (TPSA) is 259 Å². The number of carbonyl (C=O) groups is 4. The van der Waals surface area contributed by atoms with E-state index in [0.29, 0.717) is 43.4 Å². The number of aliphatic carboxylic acids is 3. The highest BCUT2D eigenvalue weighted by molar-refractivity contribution is 7.32. The number of carbonyl (C=O) groups excluding carboxylic acids is 1. The predicted octanol–water partition coefficient (Wildman–Crippen LogP) is -1.10. The van der Waals surface area contributed by atoms with Crippen LogP contribution in [0, 0.1) is 0 Å². The SMILES string of the molecule is O=CCN(CC(=O)O)Cc1cc(CCCCCn2c(=O)ccn(CC(CO)O[P+](=O)O)c2=O)cc(CN(CC(=O)O)CC(=O)O)n1. The van der Waals surface area contributed by atoms with Gasteiger partial charge >= 0.3 is 31.9 Å². The lowest BCUT2D eigenvalue weighted by Gasteiger charge is -2.20. The minimum Gasteiger partial charge on any atom is -0.480 e. The number of rotatable bonds is 23. The number of hydrogen-bond donors (Lipinski definition) is 5. The molecule has 18 nitrogen and oxygen atoms in total. The smallest absolute Gasteiger partial charge is 0.480 e. The molecule has 252 valence electrons. The first-order valence-electron chi connectivity index (χ1n) is 14.1. The van der Waals surface area contributed by atoms with E-state index in [0.717, 1.165) is 20.8 Å². The van der Waals surface area contributed by atoms with Crippen LogP contribution in [0.15, 0.2) is 34.0 Å². The van der Waals surface area contributed by atoms with Crippen LogP contribution in [0.25, 0.3) is 0 Å². The molecule has 46 heavy (non-hydrogen) atoms. The van der Waals surface area contributed by atoms with Crippen molar-refractivity contribution in [3.63, 3.8) is 0 Å². The first-order chi connectivity index (χ1) is 21.8. The fourth-order valence-electron chi connectivity index (χ4n) is 4.66. The third-order valence-electron chi connectivity index (χ3n) is 6.50. The molecular formula is C27H37N5O13P+. The van der Waals surface area contributed by atoms with E-state index in [1.807, 2.05) is 0 Å². The molecule has 2 unspecified atom stereocenters. The number of aliphatic hydroxyl groups excluding tert-OH is 1. The van der Waals surface area contributed by atoms with Gasteiger partial charge in [-0.2, -0.15) is 0 Å². The Hall–Kier alpha value is -4.19. The zero-order chi connectivity index (χ0) is 34.2. The summed E-state index contributed by atoms with van der Waals surface area (Å²) in [6, 6.07) is 4.55. The Labute approximate surface area is 263 Å². The molecule has 2 rings (SSSR count). The molecule has 2 heterocycles. The second kappa shape index (κ2) is 19.4. The van der Waals surface area contributed by atoms with Crippen molar-refractivity contribution in [1.82, 2.24) is 23.9 Å². The van der Waals surface area contributed by atoms with E-state index in [2.05, 4.69) is 9.51 Å². The minimum absolute atomic E-state index is 0.0100. The molecule has 0 aliphatic carbocycles. The van der Waals surface area contributed by atoms with Gasteiger partial charge in [0, 0.05) is 36.5 Å². The van der Waals surface area contributed by atoms with Gasteiger partial charge in [0.05, 0.1) is 50.7 Å². The van der Waals surface area contributed by atoms with Gasteiger partial charge in [-0.1, -0.05) is 6.42 Å². The van der Waals surface area contributed by atoms with E-state index in [-0.39, 0.29) is 32.7 Å².